The van der Waals surface area contributed by atoms with Gasteiger partial charge in [0.1, 0.15) is 0 Å². The van der Waals surface area contributed by atoms with Gasteiger partial charge in [0, 0.05) is 0 Å². The normalized spacial score (nSPS) is 17.6. The van der Waals surface area contributed by atoms with Crippen LogP contribution in [-0.2, 0) is 20.3 Å². The SMILES string of the molecule is COC(C)OCOc1cc2c(cc1[Se]c1cccc(C(=O)O)c1)C(C)(C)CCC2(C)C. The molecule has 0 spiro atoms. The molecule has 0 aromatic heterocycles. The number of hydrogen-bond donors (Lipinski definition) is 1. The van der Waals surface area contributed by atoms with E-state index in [1.807, 2.05) is 13.0 Å². The van der Waals surface area contributed by atoms with Crippen molar-refractivity contribution in [1.29, 1.82) is 0 Å². The maximum atomic E-state index is 11.4. The van der Waals surface area contributed by atoms with E-state index in [1.54, 1.807) is 25.3 Å². The van der Waals surface area contributed by atoms with Crippen molar-refractivity contribution in [3.8, 4) is 5.75 Å². The van der Waals surface area contributed by atoms with Crippen LogP contribution in [0.1, 0.15) is 68.9 Å². The molecule has 168 valence electrons. The number of ether oxygens (including phenoxy) is 3. The van der Waals surface area contributed by atoms with E-state index < -0.39 is 5.97 Å². The van der Waals surface area contributed by atoms with Gasteiger partial charge < -0.3 is 0 Å². The Morgan fingerprint density at radius 2 is 1.74 bits per heavy atom. The first-order chi connectivity index (χ1) is 14.5. The summed E-state index contributed by atoms with van der Waals surface area (Å²) in [5.74, 6) is -0.113. The number of carboxylic acid groups (broad SMARTS) is 1. The molecule has 0 fully saturated rings. The maximum absolute atomic E-state index is 11.4. The van der Waals surface area contributed by atoms with Gasteiger partial charge in [0.25, 0.3) is 0 Å². The average Bonchev–Trinajstić information content (AvgIpc) is 2.72. The van der Waals surface area contributed by atoms with E-state index in [1.165, 1.54) is 11.1 Å². The van der Waals surface area contributed by atoms with Gasteiger partial charge in [-0.25, -0.2) is 0 Å². The number of carbonyl (C=O) groups is 1. The minimum absolute atomic E-state index is 0.0679. The van der Waals surface area contributed by atoms with Crippen LogP contribution in [0.25, 0.3) is 0 Å². The van der Waals surface area contributed by atoms with Crippen LogP contribution in [0.5, 0.6) is 5.75 Å². The fraction of sp³-hybridized carbons (Fsp3) is 0.480. The summed E-state index contributed by atoms with van der Waals surface area (Å²) in [6.45, 7) is 11.1. The molecule has 2 aromatic carbocycles. The summed E-state index contributed by atoms with van der Waals surface area (Å²) in [6.07, 6.45) is 1.89. The number of rotatable bonds is 8. The third kappa shape index (κ3) is 5.50. The third-order valence-corrected chi connectivity index (χ3v) is 8.23. The Labute approximate surface area is 191 Å². The van der Waals surface area contributed by atoms with Gasteiger partial charge in [-0.15, -0.1) is 0 Å². The molecule has 1 N–H and O–H groups in total. The van der Waals surface area contributed by atoms with Crippen molar-refractivity contribution >= 4 is 29.8 Å². The molecule has 0 saturated heterocycles. The second-order valence-corrected chi connectivity index (χ2v) is 11.6. The minimum atomic E-state index is -0.913. The van der Waals surface area contributed by atoms with Crippen molar-refractivity contribution in [2.24, 2.45) is 0 Å². The molecule has 0 amide bonds. The Morgan fingerprint density at radius 1 is 1.10 bits per heavy atom. The summed E-state index contributed by atoms with van der Waals surface area (Å²) in [5, 5.41) is 9.36. The van der Waals surface area contributed by atoms with Gasteiger partial charge >= 0.3 is 191 Å². The van der Waals surface area contributed by atoms with E-state index in [0.717, 1.165) is 27.5 Å². The van der Waals surface area contributed by atoms with Gasteiger partial charge in [-0.1, -0.05) is 0 Å². The van der Waals surface area contributed by atoms with Gasteiger partial charge in [0.2, 0.25) is 0 Å². The van der Waals surface area contributed by atoms with Gasteiger partial charge in [-0.05, 0) is 0 Å². The molecule has 2 aromatic rings. The molecular weight excluding hydrogens is 459 g/mol. The second-order valence-electron chi connectivity index (χ2n) is 9.28. The summed E-state index contributed by atoms with van der Waals surface area (Å²) in [7, 11) is 1.60. The summed E-state index contributed by atoms with van der Waals surface area (Å²) >= 11 is -0.111. The first kappa shape index (κ1) is 23.8. The summed E-state index contributed by atoms with van der Waals surface area (Å²) in [4.78, 5) is 11.4. The number of benzene rings is 2. The van der Waals surface area contributed by atoms with Crippen LogP contribution in [-0.4, -0.2) is 46.2 Å². The molecule has 1 atom stereocenters. The standard InChI is InChI=1S/C25H32O5Se/c1-16(28-6)29-15-30-21-13-19-20(25(4,5)11-10-24(19,2)3)14-22(21)31-18-9-7-8-17(12-18)23(26)27/h7-9,12-14,16H,10-11,15H2,1-6H3,(H,26,27). The number of carboxylic acids is 1. The molecule has 0 heterocycles. The van der Waals surface area contributed by atoms with Crippen molar-refractivity contribution in [2.45, 2.75) is 64.6 Å². The van der Waals surface area contributed by atoms with Crippen molar-refractivity contribution in [3.05, 3.63) is 53.1 Å². The zero-order valence-electron chi connectivity index (χ0n) is 19.2. The number of methoxy groups -OCH3 is 1. The van der Waals surface area contributed by atoms with E-state index in [2.05, 4.69) is 39.8 Å². The fourth-order valence-corrected chi connectivity index (χ4v) is 5.91. The Balaban J connectivity index is 2.02. The van der Waals surface area contributed by atoms with E-state index in [-0.39, 0.29) is 38.9 Å². The average molecular weight is 491 g/mol. The van der Waals surface area contributed by atoms with E-state index in [0.29, 0.717) is 5.56 Å². The van der Waals surface area contributed by atoms with Crippen LogP contribution in [0.4, 0.5) is 0 Å². The van der Waals surface area contributed by atoms with E-state index in [4.69, 9.17) is 14.2 Å². The molecule has 0 aliphatic heterocycles. The predicted molar refractivity (Wildman–Crippen MR) is 123 cm³/mol. The van der Waals surface area contributed by atoms with Crippen molar-refractivity contribution in [1.82, 2.24) is 0 Å². The van der Waals surface area contributed by atoms with Crippen molar-refractivity contribution < 1.29 is 24.1 Å². The predicted octanol–water partition coefficient (Wildman–Crippen LogP) is 3.73. The molecule has 3 rings (SSSR count). The first-order valence-corrected chi connectivity index (χ1v) is 12.2. The summed E-state index contributed by atoms with van der Waals surface area (Å²) < 4.78 is 18.9. The van der Waals surface area contributed by atoms with Gasteiger partial charge in [0.05, 0.1) is 0 Å². The van der Waals surface area contributed by atoms with Gasteiger partial charge in [-0.3, -0.25) is 0 Å². The third-order valence-electron chi connectivity index (χ3n) is 6.08. The zero-order chi connectivity index (χ0) is 22.8. The molecular formula is C25H32O5Se. The van der Waals surface area contributed by atoms with Crippen molar-refractivity contribution in [2.75, 3.05) is 13.9 Å². The molecule has 6 heteroatoms. The van der Waals surface area contributed by atoms with Crippen LogP contribution in [0, 0.1) is 0 Å². The van der Waals surface area contributed by atoms with Crippen LogP contribution in [0.15, 0.2) is 36.4 Å². The van der Waals surface area contributed by atoms with Gasteiger partial charge in [-0.2, -0.15) is 0 Å². The Hall–Kier alpha value is -1.85. The van der Waals surface area contributed by atoms with E-state index in [9.17, 15) is 9.90 Å². The fourth-order valence-electron chi connectivity index (χ4n) is 3.85. The second kappa shape index (κ2) is 9.33. The Morgan fingerprint density at radius 3 is 2.35 bits per heavy atom. The molecule has 31 heavy (non-hydrogen) atoms. The Kier molecular flexibility index (Phi) is 7.17. The van der Waals surface area contributed by atoms with Gasteiger partial charge in [0.15, 0.2) is 0 Å². The Bertz CT molecular complexity index is 951. The quantitative estimate of drug-likeness (QED) is 0.450. The van der Waals surface area contributed by atoms with Crippen LogP contribution in [0.3, 0.4) is 0 Å². The van der Waals surface area contributed by atoms with Crippen LogP contribution < -0.4 is 13.7 Å². The molecule has 0 bridgehead atoms. The number of hydrogen-bond acceptors (Lipinski definition) is 4. The molecule has 5 nitrogen and oxygen atoms in total. The topological polar surface area (TPSA) is 65.0 Å². The van der Waals surface area contributed by atoms with Crippen LogP contribution >= 0.6 is 0 Å². The summed E-state index contributed by atoms with van der Waals surface area (Å²) in [6, 6.07) is 11.6. The molecule has 0 saturated carbocycles. The molecule has 1 aliphatic carbocycles. The molecule has 1 aliphatic rings. The summed E-state index contributed by atoms with van der Waals surface area (Å²) in [5.41, 5.74) is 3.13. The number of fused-ring (bicyclic) bond motifs is 1. The van der Waals surface area contributed by atoms with E-state index >= 15 is 0 Å². The number of aromatic carboxylic acids is 1. The van der Waals surface area contributed by atoms with Crippen LogP contribution in [0.2, 0.25) is 0 Å². The monoisotopic (exact) mass is 492 g/mol. The molecule has 0 radical (unpaired) electrons. The molecule has 1 unspecified atom stereocenters. The zero-order valence-corrected chi connectivity index (χ0v) is 20.9. The first-order valence-electron chi connectivity index (χ1n) is 10.5. The van der Waals surface area contributed by atoms with Crippen molar-refractivity contribution in [3.63, 3.8) is 0 Å².